The Balaban J connectivity index is 2.12. The number of rotatable bonds is 3. The molecule has 0 aliphatic carbocycles. The third kappa shape index (κ3) is 3.30. The average Bonchev–Trinajstić information content (AvgIpc) is 2.28. The van der Waals surface area contributed by atoms with Crippen LogP contribution < -0.4 is 4.74 Å². The van der Waals surface area contributed by atoms with Crippen LogP contribution in [0.15, 0.2) is 24.3 Å². The first-order chi connectivity index (χ1) is 8.15. The van der Waals surface area contributed by atoms with E-state index in [9.17, 15) is 4.79 Å². The topological polar surface area (TPSA) is 35.5 Å². The van der Waals surface area contributed by atoms with Crippen LogP contribution in [0.2, 0.25) is 0 Å². The van der Waals surface area contributed by atoms with Crippen molar-refractivity contribution in [3.05, 3.63) is 29.8 Å². The lowest BCUT2D eigenvalue weighted by molar-refractivity contribution is -0.128. The first-order valence-electron chi connectivity index (χ1n) is 6.05. The summed E-state index contributed by atoms with van der Waals surface area (Å²) >= 11 is 0. The zero-order valence-electron chi connectivity index (χ0n) is 10.3. The Morgan fingerprint density at radius 1 is 1.41 bits per heavy atom. The molecule has 0 spiro atoms. The van der Waals surface area contributed by atoms with Gasteiger partial charge in [-0.05, 0) is 31.5 Å². The molecule has 92 valence electrons. The van der Waals surface area contributed by atoms with Gasteiger partial charge in [-0.25, -0.2) is 0 Å². The molecular weight excluding hydrogens is 216 g/mol. The number of carbonyl (C=O) groups is 1. The fourth-order valence-electron chi connectivity index (χ4n) is 1.96. The minimum absolute atomic E-state index is 0.105. The number of ketones is 1. The van der Waals surface area contributed by atoms with Gasteiger partial charge >= 0.3 is 0 Å². The molecule has 1 unspecified atom stereocenters. The molecule has 1 aromatic rings. The van der Waals surface area contributed by atoms with Crippen LogP contribution in [-0.2, 0) is 9.53 Å². The molecule has 1 aromatic carbocycles. The monoisotopic (exact) mass is 234 g/mol. The van der Waals surface area contributed by atoms with E-state index < -0.39 is 0 Å². The highest BCUT2D eigenvalue weighted by Crippen LogP contribution is 2.28. The molecule has 17 heavy (non-hydrogen) atoms. The highest BCUT2D eigenvalue weighted by molar-refractivity contribution is 5.79. The summed E-state index contributed by atoms with van der Waals surface area (Å²) in [6.45, 7) is 4.51. The fourth-order valence-corrected chi connectivity index (χ4v) is 1.96. The van der Waals surface area contributed by atoms with Gasteiger partial charge in [-0.1, -0.05) is 12.1 Å². The van der Waals surface area contributed by atoms with Crippen molar-refractivity contribution in [2.75, 3.05) is 6.61 Å². The van der Waals surface area contributed by atoms with Crippen LogP contribution in [0.5, 0.6) is 5.75 Å². The van der Waals surface area contributed by atoms with E-state index in [1.807, 2.05) is 38.1 Å². The van der Waals surface area contributed by atoms with Gasteiger partial charge < -0.3 is 9.47 Å². The molecule has 0 bridgehead atoms. The molecule has 1 fully saturated rings. The predicted molar refractivity (Wildman–Crippen MR) is 65.1 cm³/mol. The van der Waals surface area contributed by atoms with E-state index in [-0.39, 0.29) is 18.0 Å². The summed E-state index contributed by atoms with van der Waals surface area (Å²) in [5.74, 6) is 1.11. The average molecular weight is 234 g/mol. The van der Waals surface area contributed by atoms with E-state index in [1.165, 1.54) is 0 Å². The molecule has 0 aromatic heterocycles. The third-order valence-electron chi connectivity index (χ3n) is 2.71. The smallest absolute Gasteiger partial charge is 0.138 e. The van der Waals surface area contributed by atoms with Crippen LogP contribution >= 0.6 is 0 Å². The van der Waals surface area contributed by atoms with Gasteiger partial charge in [-0.3, -0.25) is 4.79 Å². The Morgan fingerprint density at radius 2 is 2.24 bits per heavy atom. The number of carbonyl (C=O) groups excluding carboxylic acids is 1. The molecule has 0 saturated carbocycles. The third-order valence-corrected chi connectivity index (χ3v) is 2.71. The summed E-state index contributed by atoms with van der Waals surface area (Å²) in [4.78, 5) is 11.4. The Kier molecular flexibility index (Phi) is 3.79. The summed E-state index contributed by atoms with van der Waals surface area (Å²) in [6.07, 6.45) is 1.07. The maximum atomic E-state index is 11.4. The van der Waals surface area contributed by atoms with Crippen molar-refractivity contribution in [3.63, 3.8) is 0 Å². The first kappa shape index (κ1) is 12.1. The lowest BCUT2D eigenvalue weighted by Crippen LogP contribution is -2.19. The molecule has 3 nitrogen and oxygen atoms in total. The van der Waals surface area contributed by atoms with E-state index in [0.717, 1.165) is 11.3 Å². The van der Waals surface area contributed by atoms with Crippen LogP contribution in [-0.4, -0.2) is 18.5 Å². The Morgan fingerprint density at radius 3 is 2.94 bits per heavy atom. The van der Waals surface area contributed by atoms with Gasteiger partial charge in [0.1, 0.15) is 11.5 Å². The van der Waals surface area contributed by atoms with Gasteiger partial charge in [0.25, 0.3) is 0 Å². The van der Waals surface area contributed by atoms with Crippen LogP contribution in [0, 0.1) is 0 Å². The summed E-state index contributed by atoms with van der Waals surface area (Å²) < 4.78 is 11.3. The van der Waals surface area contributed by atoms with Gasteiger partial charge in [0.05, 0.1) is 18.8 Å². The largest absolute Gasteiger partial charge is 0.491 e. The normalized spacial score (nSPS) is 20.6. The van der Waals surface area contributed by atoms with Crippen molar-refractivity contribution in [2.24, 2.45) is 0 Å². The number of ether oxygens (including phenoxy) is 2. The Bertz CT molecular complexity index is 398. The second-order valence-corrected chi connectivity index (χ2v) is 4.59. The van der Waals surface area contributed by atoms with E-state index in [1.54, 1.807) is 0 Å². The Hall–Kier alpha value is -1.35. The van der Waals surface area contributed by atoms with E-state index >= 15 is 0 Å². The van der Waals surface area contributed by atoms with Crippen molar-refractivity contribution < 1.29 is 14.3 Å². The quantitative estimate of drug-likeness (QED) is 0.806. The minimum atomic E-state index is -0.105. The molecule has 1 aliphatic heterocycles. The van der Waals surface area contributed by atoms with Crippen molar-refractivity contribution >= 4 is 5.78 Å². The van der Waals surface area contributed by atoms with Crippen molar-refractivity contribution in [1.82, 2.24) is 0 Å². The predicted octanol–water partition coefficient (Wildman–Crippen LogP) is 2.89. The fraction of sp³-hybridized carbons (Fsp3) is 0.500. The second kappa shape index (κ2) is 5.32. The summed E-state index contributed by atoms with van der Waals surface area (Å²) in [5, 5.41) is 0. The lowest BCUT2D eigenvalue weighted by atomic mass is 10.0. The number of hydrogen-bond donors (Lipinski definition) is 0. The highest BCUT2D eigenvalue weighted by Gasteiger charge is 2.21. The summed E-state index contributed by atoms with van der Waals surface area (Å²) in [5.41, 5.74) is 1.02. The second-order valence-electron chi connectivity index (χ2n) is 4.59. The Labute approximate surface area is 102 Å². The number of hydrogen-bond acceptors (Lipinski definition) is 3. The molecule has 0 radical (unpaired) electrons. The van der Waals surface area contributed by atoms with Crippen LogP contribution in [0.4, 0.5) is 0 Å². The zero-order chi connectivity index (χ0) is 12.3. The maximum absolute atomic E-state index is 11.4. The lowest BCUT2D eigenvalue weighted by Gasteiger charge is -2.22. The van der Waals surface area contributed by atoms with Crippen LogP contribution in [0.1, 0.15) is 38.4 Å². The van der Waals surface area contributed by atoms with Crippen LogP contribution in [0.25, 0.3) is 0 Å². The van der Waals surface area contributed by atoms with Crippen molar-refractivity contribution in [2.45, 2.75) is 38.9 Å². The highest BCUT2D eigenvalue weighted by atomic mass is 16.5. The summed E-state index contributed by atoms with van der Waals surface area (Å²) in [7, 11) is 0. The molecular formula is C14H18O3. The first-order valence-corrected chi connectivity index (χ1v) is 6.05. The zero-order valence-corrected chi connectivity index (χ0v) is 10.3. The molecule has 0 N–H and O–H groups in total. The van der Waals surface area contributed by atoms with E-state index in [2.05, 4.69) is 0 Å². The van der Waals surface area contributed by atoms with Gasteiger partial charge in [0, 0.05) is 12.8 Å². The molecule has 0 amide bonds. The van der Waals surface area contributed by atoms with Crippen LogP contribution in [0.3, 0.4) is 0 Å². The number of Topliss-reactive ketones (excluding diaryl/α,β-unsaturated/α-hetero) is 1. The minimum Gasteiger partial charge on any atom is -0.491 e. The van der Waals surface area contributed by atoms with Gasteiger partial charge in [-0.15, -0.1) is 0 Å². The molecule has 1 saturated heterocycles. The van der Waals surface area contributed by atoms with E-state index in [4.69, 9.17) is 9.47 Å². The molecule has 1 aliphatic rings. The van der Waals surface area contributed by atoms with Gasteiger partial charge in [-0.2, -0.15) is 0 Å². The number of benzene rings is 1. The SMILES string of the molecule is CC(C)Oc1cccc(C2CC(=O)CCO2)c1. The van der Waals surface area contributed by atoms with Crippen molar-refractivity contribution in [1.29, 1.82) is 0 Å². The molecule has 3 heteroatoms. The molecule has 1 heterocycles. The van der Waals surface area contributed by atoms with Gasteiger partial charge in [0.15, 0.2) is 0 Å². The molecule has 2 rings (SSSR count). The van der Waals surface area contributed by atoms with Gasteiger partial charge in [0.2, 0.25) is 0 Å². The maximum Gasteiger partial charge on any atom is 0.138 e. The molecule has 1 atom stereocenters. The summed E-state index contributed by atoms with van der Waals surface area (Å²) in [6, 6.07) is 7.81. The van der Waals surface area contributed by atoms with Crippen molar-refractivity contribution in [3.8, 4) is 5.75 Å². The van der Waals surface area contributed by atoms with E-state index in [0.29, 0.717) is 19.4 Å². The standard InChI is InChI=1S/C14H18O3/c1-10(2)17-13-5-3-4-11(8-13)14-9-12(15)6-7-16-14/h3-5,8,10,14H,6-7,9H2,1-2H3.